The van der Waals surface area contributed by atoms with Crippen molar-refractivity contribution in [2.24, 2.45) is 4.99 Å². The first kappa shape index (κ1) is 20.2. The van der Waals surface area contributed by atoms with Crippen LogP contribution in [0.5, 0.6) is 5.75 Å². The zero-order chi connectivity index (χ0) is 16.5. The Kier molecular flexibility index (Phi) is 9.14. The quantitative estimate of drug-likeness (QED) is 0.422. The van der Waals surface area contributed by atoms with Crippen LogP contribution in [0.15, 0.2) is 59.6 Å². The van der Waals surface area contributed by atoms with E-state index in [0.717, 1.165) is 17.3 Å². The highest BCUT2D eigenvalue weighted by Crippen LogP contribution is 2.08. The van der Waals surface area contributed by atoms with Gasteiger partial charge in [-0.25, -0.2) is 4.39 Å². The minimum absolute atomic E-state index is 0. The number of hydrogen-bond donors (Lipinski definition) is 1. The molecule has 0 bridgehead atoms. The van der Waals surface area contributed by atoms with Crippen LogP contribution in [0, 0.1) is 5.82 Å². The lowest BCUT2D eigenvalue weighted by Crippen LogP contribution is -2.40. The molecule has 0 aliphatic heterocycles. The Bertz CT molecular complexity index is 637. The molecule has 0 spiro atoms. The second-order valence-electron chi connectivity index (χ2n) is 5.11. The van der Waals surface area contributed by atoms with E-state index in [1.807, 2.05) is 48.3 Å². The Morgan fingerprint density at radius 2 is 1.92 bits per heavy atom. The fraction of sp³-hybridized carbons (Fsp3) is 0.278. The Morgan fingerprint density at radius 1 is 1.17 bits per heavy atom. The van der Waals surface area contributed by atoms with E-state index in [1.165, 1.54) is 12.1 Å². The monoisotopic (exact) mass is 443 g/mol. The van der Waals surface area contributed by atoms with E-state index in [-0.39, 0.29) is 29.8 Å². The number of aliphatic imine (C=N–C) groups is 1. The summed E-state index contributed by atoms with van der Waals surface area (Å²) < 4.78 is 18.9. The van der Waals surface area contributed by atoms with Crippen molar-refractivity contribution in [1.29, 1.82) is 0 Å². The predicted octanol–water partition coefficient (Wildman–Crippen LogP) is 3.53. The Labute approximate surface area is 159 Å². The highest BCUT2D eigenvalue weighted by atomic mass is 127. The third-order valence-corrected chi connectivity index (χ3v) is 3.35. The number of nitrogens with one attached hydrogen (secondary N) is 1. The highest BCUT2D eigenvalue weighted by molar-refractivity contribution is 14.0. The number of guanidine groups is 1. The minimum Gasteiger partial charge on any atom is -0.492 e. The van der Waals surface area contributed by atoms with Crippen molar-refractivity contribution in [2.45, 2.75) is 6.54 Å². The molecule has 4 nitrogen and oxygen atoms in total. The molecule has 0 atom stereocenters. The smallest absolute Gasteiger partial charge is 0.193 e. The van der Waals surface area contributed by atoms with Crippen molar-refractivity contribution in [3.8, 4) is 5.75 Å². The third kappa shape index (κ3) is 6.74. The van der Waals surface area contributed by atoms with Crippen LogP contribution in [0.25, 0.3) is 0 Å². The van der Waals surface area contributed by atoms with Crippen molar-refractivity contribution >= 4 is 29.9 Å². The number of likely N-dealkylation sites (N-methyl/N-ethyl adjacent to an activating group) is 1. The maximum atomic E-state index is 13.2. The molecule has 0 aliphatic rings. The van der Waals surface area contributed by atoms with Gasteiger partial charge in [0.2, 0.25) is 0 Å². The Balaban J connectivity index is 0.00000288. The SMILES string of the molecule is CN=C(NCc1cccc(F)c1)N(C)CCOc1ccccc1.I. The molecule has 0 heterocycles. The van der Waals surface area contributed by atoms with Gasteiger partial charge in [-0.1, -0.05) is 30.3 Å². The van der Waals surface area contributed by atoms with Crippen molar-refractivity contribution in [1.82, 2.24) is 10.2 Å². The molecular weight excluding hydrogens is 420 g/mol. The zero-order valence-electron chi connectivity index (χ0n) is 13.9. The maximum Gasteiger partial charge on any atom is 0.193 e. The van der Waals surface area contributed by atoms with Crippen LogP contribution >= 0.6 is 24.0 Å². The van der Waals surface area contributed by atoms with E-state index in [9.17, 15) is 4.39 Å². The van der Waals surface area contributed by atoms with Gasteiger partial charge in [0.1, 0.15) is 18.2 Å². The number of benzene rings is 2. The normalized spacial score (nSPS) is 10.7. The molecule has 2 rings (SSSR count). The summed E-state index contributed by atoms with van der Waals surface area (Å²) in [6.45, 7) is 1.77. The average molecular weight is 443 g/mol. The van der Waals surface area contributed by atoms with Crippen LogP contribution in [-0.4, -0.2) is 38.1 Å². The van der Waals surface area contributed by atoms with Crippen LogP contribution in [0.2, 0.25) is 0 Å². The molecule has 0 amide bonds. The van der Waals surface area contributed by atoms with E-state index in [2.05, 4.69) is 10.3 Å². The topological polar surface area (TPSA) is 36.9 Å². The number of rotatable bonds is 6. The largest absolute Gasteiger partial charge is 0.492 e. The highest BCUT2D eigenvalue weighted by Gasteiger charge is 2.06. The number of ether oxygens (including phenoxy) is 1. The van der Waals surface area contributed by atoms with Crippen LogP contribution in [0.3, 0.4) is 0 Å². The summed E-state index contributed by atoms with van der Waals surface area (Å²) in [5.74, 6) is 1.36. The minimum atomic E-state index is -0.232. The van der Waals surface area contributed by atoms with Crippen LogP contribution in [0.1, 0.15) is 5.56 Å². The van der Waals surface area contributed by atoms with E-state index in [1.54, 1.807) is 13.1 Å². The van der Waals surface area contributed by atoms with Gasteiger partial charge in [0.05, 0.1) is 6.54 Å². The second-order valence-corrected chi connectivity index (χ2v) is 5.11. The zero-order valence-corrected chi connectivity index (χ0v) is 16.2. The van der Waals surface area contributed by atoms with Gasteiger partial charge >= 0.3 is 0 Å². The molecule has 6 heteroatoms. The molecule has 0 fully saturated rings. The summed E-state index contributed by atoms with van der Waals surface area (Å²) >= 11 is 0. The van der Waals surface area contributed by atoms with E-state index in [0.29, 0.717) is 19.7 Å². The Morgan fingerprint density at radius 3 is 2.58 bits per heavy atom. The average Bonchev–Trinajstić information content (AvgIpc) is 2.56. The maximum absolute atomic E-state index is 13.2. The molecule has 2 aromatic carbocycles. The van der Waals surface area contributed by atoms with Crippen molar-refractivity contribution in [3.05, 3.63) is 66.0 Å². The van der Waals surface area contributed by atoms with Crippen molar-refractivity contribution < 1.29 is 9.13 Å². The second kappa shape index (κ2) is 10.9. The van der Waals surface area contributed by atoms with Gasteiger partial charge in [-0.2, -0.15) is 0 Å². The summed E-state index contributed by atoms with van der Waals surface area (Å²) in [6.07, 6.45) is 0. The fourth-order valence-electron chi connectivity index (χ4n) is 2.14. The van der Waals surface area contributed by atoms with Crippen LogP contribution < -0.4 is 10.1 Å². The first-order chi connectivity index (χ1) is 11.2. The van der Waals surface area contributed by atoms with Gasteiger partial charge in [0.25, 0.3) is 0 Å². The third-order valence-electron chi connectivity index (χ3n) is 3.35. The van der Waals surface area contributed by atoms with Crippen LogP contribution in [-0.2, 0) is 6.54 Å². The molecule has 2 aromatic rings. The number of halogens is 2. The van der Waals surface area contributed by atoms with Gasteiger partial charge < -0.3 is 15.0 Å². The summed E-state index contributed by atoms with van der Waals surface area (Å²) in [5.41, 5.74) is 0.875. The molecule has 0 aromatic heterocycles. The summed E-state index contributed by atoms with van der Waals surface area (Å²) in [6, 6.07) is 16.2. The van der Waals surface area contributed by atoms with E-state index in [4.69, 9.17) is 4.74 Å². The van der Waals surface area contributed by atoms with Crippen molar-refractivity contribution in [2.75, 3.05) is 27.2 Å². The number of nitrogens with zero attached hydrogens (tertiary/aromatic N) is 2. The van der Waals surface area contributed by atoms with Gasteiger partial charge in [-0.3, -0.25) is 4.99 Å². The molecule has 0 saturated heterocycles. The molecule has 130 valence electrons. The first-order valence-electron chi connectivity index (χ1n) is 7.53. The van der Waals surface area contributed by atoms with Crippen LogP contribution in [0.4, 0.5) is 4.39 Å². The molecule has 24 heavy (non-hydrogen) atoms. The lowest BCUT2D eigenvalue weighted by Gasteiger charge is -2.22. The molecule has 0 unspecified atom stereocenters. The number of para-hydroxylation sites is 1. The summed E-state index contributed by atoms with van der Waals surface area (Å²) in [4.78, 5) is 6.21. The standard InChI is InChI=1S/C18H22FN3O.HI/c1-20-18(21-14-15-7-6-8-16(19)13-15)22(2)11-12-23-17-9-4-3-5-10-17;/h3-10,13H,11-12,14H2,1-2H3,(H,20,21);1H. The molecular formula is C18H23FIN3O. The molecule has 0 aliphatic carbocycles. The predicted molar refractivity (Wildman–Crippen MR) is 107 cm³/mol. The summed E-state index contributed by atoms with van der Waals surface area (Å²) in [5, 5.41) is 3.22. The van der Waals surface area contributed by atoms with Crippen molar-refractivity contribution in [3.63, 3.8) is 0 Å². The lowest BCUT2D eigenvalue weighted by atomic mass is 10.2. The fourth-order valence-corrected chi connectivity index (χ4v) is 2.14. The van der Waals surface area contributed by atoms with E-state index < -0.39 is 0 Å². The van der Waals surface area contributed by atoms with Gasteiger partial charge in [0, 0.05) is 20.6 Å². The number of hydrogen-bond acceptors (Lipinski definition) is 2. The molecule has 0 radical (unpaired) electrons. The van der Waals surface area contributed by atoms with Gasteiger partial charge in [-0.15, -0.1) is 24.0 Å². The lowest BCUT2D eigenvalue weighted by molar-refractivity contribution is 0.281. The summed E-state index contributed by atoms with van der Waals surface area (Å²) in [7, 11) is 3.66. The molecule has 1 N–H and O–H groups in total. The molecule has 0 saturated carbocycles. The van der Waals surface area contributed by atoms with E-state index >= 15 is 0 Å². The van der Waals surface area contributed by atoms with Gasteiger partial charge in [0.15, 0.2) is 5.96 Å². The Hall–Kier alpha value is -1.83. The van der Waals surface area contributed by atoms with Gasteiger partial charge in [-0.05, 0) is 29.8 Å². The first-order valence-corrected chi connectivity index (χ1v) is 7.53.